The van der Waals surface area contributed by atoms with E-state index in [1.54, 1.807) is 5.57 Å². The number of ketones is 1. The molecule has 5 aliphatic carbocycles. The van der Waals surface area contributed by atoms with Crippen molar-refractivity contribution in [3.05, 3.63) is 52.6 Å². The molecule has 3 nitrogen and oxygen atoms in total. The molecule has 2 saturated carbocycles. The first-order valence-corrected chi connectivity index (χ1v) is 12.3. The quantitative estimate of drug-likeness (QED) is 0.674. The minimum atomic E-state index is -0.455. The molecule has 1 unspecified atom stereocenters. The minimum absolute atomic E-state index is 0.0285. The standard InChI is InChI=1S/C29H33NO2/c1-28-16-22(18-5-8-20(9-6-18)30(2)3)27-21(24(28)11-12-25(28)31)10-7-19-15-26(32)29(13-4-14-29)17-23(19)27/h5-6,8-9,15,21-22,24-25,31H,7,10-13,16-17H2,1-3H3/t21-,22+,24-,25+,28-,29?/m0/s1. The summed E-state index contributed by atoms with van der Waals surface area (Å²) in [5, 5.41) is 11.1. The van der Waals surface area contributed by atoms with Crippen molar-refractivity contribution in [3.63, 3.8) is 0 Å². The van der Waals surface area contributed by atoms with Crippen LogP contribution in [0.4, 0.5) is 5.69 Å². The molecule has 2 fully saturated rings. The number of nitrogens with zero attached hydrogens (tertiary/aromatic N) is 1. The zero-order chi connectivity index (χ0) is 22.3. The summed E-state index contributed by atoms with van der Waals surface area (Å²) in [6, 6.07) is 9.02. The summed E-state index contributed by atoms with van der Waals surface area (Å²) in [7, 11) is 4.15. The summed E-state index contributed by atoms with van der Waals surface area (Å²) in [6.07, 6.45) is 8.38. The predicted octanol–water partition coefficient (Wildman–Crippen LogP) is 5.02. The van der Waals surface area contributed by atoms with E-state index in [1.807, 2.05) is 6.08 Å². The van der Waals surface area contributed by atoms with Crippen LogP contribution in [-0.4, -0.2) is 31.1 Å². The van der Waals surface area contributed by atoms with Crippen molar-refractivity contribution in [2.24, 2.45) is 22.7 Å². The molecule has 5 aliphatic rings. The van der Waals surface area contributed by atoms with E-state index in [0.717, 1.165) is 38.5 Å². The third kappa shape index (κ3) is 2.69. The van der Waals surface area contributed by atoms with Gasteiger partial charge in [-0.15, -0.1) is 5.92 Å². The van der Waals surface area contributed by atoms with Gasteiger partial charge < -0.3 is 10.0 Å². The zero-order valence-corrected chi connectivity index (χ0v) is 19.4. The lowest BCUT2D eigenvalue weighted by atomic mass is 9.52. The Morgan fingerprint density at radius 2 is 1.88 bits per heavy atom. The smallest absolute Gasteiger partial charge is 0.175 e. The highest BCUT2D eigenvalue weighted by atomic mass is 16.3. The number of allylic oxidation sites excluding steroid dienone is 4. The third-order valence-corrected chi connectivity index (χ3v) is 9.51. The average Bonchev–Trinajstić information content (AvgIpc) is 3.05. The number of anilines is 1. The van der Waals surface area contributed by atoms with E-state index in [2.05, 4.69) is 62.0 Å². The second kappa shape index (κ2) is 6.84. The van der Waals surface area contributed by atoms with E-state index in [-0.39, 0.29) is 17.3 Å². The van der Waals surface area contributed by atoms with Crippen LogP contribution in [0.1, 0.15) is 63.4 Å². The zero-order valence-electron chi connectivity index (χ0n) is 19.4. The summed E-state index contributed by atoms with van der Waals surface area (Å²) in [5.41, 5.74) is 6.38. The van der Waals surface area contributed by atoms with Gasteiger partial charge in [-0.25, -0.2) is 0 Å². The van der Waals surface area contributed by atoms with Crippen LogP contribution in [0.25, 0.3) is 0 Å². The van der Waals surface area contributed by atoms with Gasteiger partial charge in [0.1, 0.15) is 5.41 Å². The molecule has 166 valence electrons. The molecule has 1 N–H and O–H groups in total. The first-order chi connectivity index (χ1) is 15.3. The molecular formula is C29H33NO2. The van der Waals surface area contributed by atoms with Gasteiger partial charge in [0.2, 0.25) is 0 Å². The summed E-state index contributed by atoms with van der Waals surface area (Å²) < 4.78 is 0. The molecule has 0 bridgehead atoms. The largest absolute Gasteiger partial charge is 0.393 e. The molecule has 32 heavy (non-hydrogen) atoms. The molecule has 0 heterocycles. The molecule has 6 rings (SSSR count). The molecule has 0 radical (unpaired) electrons. The number of hydrogen-bond donors (Lipinski definition) is 1. The van der Waals surface area contributed by atoms with Gasteiger partial charge in [-0.2, -0.15) is 0 Å². The Bertz CT molecular complexity index is 1110. The van der Waals surface area contributed by atoms with Crippen LogP contribution in [0.5, 0.6) is 0 Å². The molecule has 1 aromatic rings. The highest BCUT2D eigenvalue weighted by Gasteiger charge is 2.57. The third-order valence-electron chi connectivity index (χ3n) is 9.51. The summed E-state index contributed by atoms with van der Waals surface area (Å²) >= 11 is 0. The van der Waals surface area contributed by atoms with Gasteiger partial charge in [0.25, 0.3) is 0 Å². The van der Waals surface area contributed by atoms with Gasteiger partial charge in [0.05, 0.1) is 6.10 Å². The Morgan fingerprint density at radius 1 is 1.12 bits per heavy atom. The van der Waals surface area contributed by atoms with Crippen LogP contribution in [0.2, 0.25) is 0 Å². The molecule has 1 aromatic carbocycles. The fraction of sp³-hybridized carbons (Fsp3) is 0.552. The minimum Gasteiger partial charge on any atom is -0.393 e. The van der Waals surface area contributed by atoms with Gasteiger partial charge >= 0.3 is 0 Å². The highest BCUT2D eigenvalue weighted by molar-refractivity contribution is 6.01. The van der Waals surface area contributed by atoms with Crippen molar-refractivity contribution in [1.29, 1.82) is 0 Å². The van der Waals surface area contributed by atoms with Crippen molar-refractivity contribution < 1.29 is 9.90 Å². The number of benzene rings is 1. The lowest BCUT2D eigenvalue weighted by Crippen LogP contribution is -2.46. The van der Waals surface area contributed by atoms with E-state index in [0.29, 0.717) is 24.2 Å². The number of fused-ring (bicyclic) bond motifs is 4. The Hall–Kier alpha value is -2.31. The number of rotatable bonds is 2. The first-order valence-electron chi connectivity index (χ1n) is 12.3. The number of carbonyl (C=O) groups is 1. The maximum absolute atomic E-state index is 12.9. The average molecular weight is 428 g/mol. The molecule has 1 spiro atoms. The molecule has 0 aliphatic heterocycles. The number of carbonyl (C=O) groups excluding carboxylic acids is 1. The highest BCUT2D eigenvalue weighted by Crippen LogP contribution is 2.64. The number of aliphatic hydroxyl groups is 1. The molecule has 3 heteroatoms. The lowest BCUT2D eigenvalue weighted by molar-refractivity contribution is -0.121. The van der Waals surface area contributed by atoms with Crippen molar-refractivity contribution in [2.45, 2.75) is 63.9 Å². The van der Waals surface area contributed by atoms with Gasteiger partial charge in [0, 0.05) is 32.1 Å². The predicted molar refractivity (Wildman–Crippen MR) is 127 cm³/mol. The molecule has 0 saturated heterocycles. The Kier molecular flexibility index (Phi) is 4.34. The normalized spacial score (nSPS) is 39.4. The second-order valence-corrected chi connectivity index (χ2v) is 11.3. The van der Waals surface area contributed by atoms with Crippen LogP contribution in [0, 0.1) is 34.5 Å². The van der Waals surface area contributed by atoms with Crippen LogP contribution in [0.15, 0.2) is 47.1 Å². The van der Waals surface area contributed by atoms with E-state index in [4.69, 9.17) is 0 Å². The van der Waals surface area contributed by atoms with Gasteiger partial charge in [-0.1, -0.05) is 30.6 Å². The number of aliphatic hydroxyl groups excluding tert-OH is 1. The van der Waals surface area contributed by atoms with Crippen molar-refractivity contribution in [2.75, 3.05) is 19.0 Å². The van der Waals surface area contributed by atoms with E-state index < -0.39 is 5.41 Å². The van der Waals surface area contributed by atoms with Crippen molar-refractivity contribution in [3.8, 4) is 11.8 Å². The van der Waals surface area contributed by atoms with Crippen LogP contribution in [-0.2, 0) is 4.79 Å². The molecule has 6 atom stereocenters. The van der Waals surface area contributed by atoms with Gasteiger partial charge in [-0.05, 0) is 90.7 Å². The van der Waals surface area contributed by atoms with E-state index >= 15 is 0 Å². The Balaban J connectivity index is 1.51. The van der Waals surface area contributed by atoms with Crippen LogP contribution in [0.3, 0.4) is 0 Å². The van der Waals surface area contributed by atoms with Crippen molar-refractivity contribution in [1.82, 2.24) is 0 Å². The maximum Gasteiger partial charge on any atom is 0.175 e. The van der Waals surface area contributed by atoms with E-state index in [9.17, 15) is 9.90 Å². The molecular weight excluding hydrogens is 394 g/mol. The first kappa shape index (κ1) is 20.3. The maximum atomic E-state index is 12.9. The van der Waals surface area contributed by atoms with E-state index in [1.165, 1.54) is 22.4 Å². The lowest BCUT2D eigenvalue weighted by Gasteiger charge is -2.52. The van der Waals surface area contributed by atoms with Gasteiger partial charge in [-0.3, -0.25) is 4.79 Å². The second-order valence-electron chi connectivity index (χ2n) is 11.3. The number of hydrogen-bond acceptors (Lipinski definition) is 3. The SMILES string of the molecule is CN(C)c1ccc([C@H]2C[C@]3(C)[C@H](O)CC[C@H]3[C@@H]3CCC4=CC(=O)C5(C#CC5)CC4=C32)cc1. The summed E-state index contributed by atoms with van der Waals surface area (Å²) in [4.78, 5) is 15.0. The monoisotopic (exact) mass is 427 g/mol. The Morgan fingerprint density at radius 3 is 2.53 bits per heavy atom. The summed E-state index contributed by atoms with van der Waals surface area (Å²) in [5.74, 6) is 7.96. The fourth-order valence-electron chi connectivity index (χ4n) is 7.57. The van der Waals surface area contributed by atoms with Crippen molar-refractivity contribution >= 4 is 11.5 Å². The molecule has 0 amide bonds. The fourth-order valence-corrected chi connectivity index (χ4v) is 7.57. The van der Waals surface area contributed by atoms with Crippen LogP contribution >= 0.6 is 0 Å². The topological polar surface area (TPSA) is 40.5 Å². The van der Waals surface area contributed by atoms with Gasteiger partial charge in [0.15, 0.2) is 5.78 Å². The van der Waals surface area contributed by atoms with Crippen LogP contribution < -0.4 is 4.90 Å². The Labute approximate surface area is 191 Å². The molecule has 0 aromatic heterocycles. The summed E-state index contributed by atoms with van der Waals surface area (Å²) in [6.45, 7) is 2.34.